The molecule has 2 N–H and O–H groups in total. The number of hydrogen-bond donors (Lipinski definition) is 2. The van der Waals surface area contributed by atoms with Crippen LogP contribution >= 0.6 is 0 Å². The minimum absolute atomic E-state index is 0.0526. The monoisotopic (exact) mass is 241 g/mol. The van der Waals surface area contributed by atoms with Crippen LogP contribution in [0.25, 0.3) is 10.8 Å². The number of fused-ring (bicyclic) bond motifs is 1. The van der Waals surface area contributed by atoms with E-state index in [1.165, 1.54) is 0 Å². The third-order valence-corrected chi connectivity index (χ3v) is 3.32. The van der Waals surface area contributed by atoms with Gasteiger partial charge in [-0.3, -0.25) is 9.78 Å². The zero-order chi connectivity index (χ0) is 12.4. The van der Waals surface area contributed by atoms with E-state index in [4.69, 9.17) is 0 Å². The lowest BCUT2D eigenvalue weighted by atomic mass is 10.1. The number of hydrogen-bond acceptors (Lipinski definition) is 3. The molecule has 1 aromatic carbocycles. The number of nitrogens with zero attached hydrogens (tertiary/aromatic N) is 1. The van der Waals surface area contributed by atoms with Gasteiger partial charge >= 0.3 is 0 Å². The summed E-state index contributed by atoms with van der Waals surface area (Å²) < 4.78 is 0. The lowest BCUT2D eigenvalue weighted by molar-refractivity contribution is -0.117. The molecule has 4 heteroatoms. The molecule has 1 aliphatic rings. The maximum atomic E-state index is 12.1. The second-order valence-electron chi connectivity index (χ2n) is 4.54. The van der Waals surface area contributed by atoms with E-state index in [1.54, 1.807) is 12.4 Å². The highest BCUT2D eigenvalue weighted by Crippen LogP contribution is 2.22. The highest BCUT2D eigenvalue weighted by molar-refractivity contribution is 6.03. The van der Waals surface area contributed by atoms with Gasteiger partial charge in [0.05, 0.1) is 6.04 Å². The molecule has 92 valence electrons. The van der Waals surface area contributed by atoms with Gasteiger partial charge in [-0.2, -0.15) is 0 Å². The van der Waals surface area contributed by atoms with E-state index in [-0.39, 0.29) is 11.9 Å². The third kappa shape index (κ3) is 2.07. The molecule has 1 aliphatic heterocycles. The summed E-state index contributed by atoms with van der Waals surface area (Å²) >= 11 is 0. The number of anilines is 1. The molecule has 4 nitrogen and oxygen atoms in total. The van der Waals surface area contributed by atoms with E-state index in [0.29, 0.717) is 0 Å². The van der Waals surface area contributed by atoms with Gasteiger partial charge in [0.15, 0.2) is 0 Å². The molecule has 0 bridgehead atoms. The zero-order valence-corrected chi connectivity index (χ0v) is 10.0. The van der Waals surface area contributed by atoms with E-state index in [9.17, 15) is 4.79 Å². The first-order valence-corrected chi connectivity index (χ1v) is 6.21. The van der Waals surface area contributed by atoms with Gasteiger partial charge in [0.25, 0.3) is 0 Å². The minimum atomic E-state index is -0.0536. The van der Waals surface area contributed by atoms with Crippen molar-refractivity contribution in [3.63, 3.8) is 0 Å². The van der Waals surface area contributed by atoms with Crippen molar-refractivity contribution in [3.05, 3.63) is 36.7 Å². The van der Waals surface area contributed by atoms with Crippen molar-refractivity contribution < 1.29 is 4.79 Å². The van der Waals surface area contributed by atoms with Crippen molar-refractivity contribution in [2.75, 3.05) is 11.9 Å². The van der Waals surface area contributed by atoms with Crippen LogP contribution in [0.5, 0.6) is 0 Å². The molecule has 2 heterocycles. The van der Waals surface area contributed by atoms with Crippen LogP contribution in [-0.2, 0) is 4.79 Å². The summed E-state index contributed by atoms with van der Waals surface area (Å²) in [5.41, 5.74) is 0.855. The second-order valence-corrected chi connectivity index (χ2v) is 4.54. The predicted octanol–water partition coefficient (Wildman–Crippen LogP) is 1.93. The Labute approximate surface area is 105 Å². The number of benzene rings is 1. The second kappa shape index (κ2) is 4.74. The Morgan fingerprint density at radius 3 is 3.17 bits per heavy atom. The van der Waals surface area contributed by atoms with Crippen molar-refractivity contribution in [2.24, 2.45) is 0 Å². The van der Waals surface area contributed by atoms with Gasteiger partial charge in [-0.25, -0.2) is 0 Å². The number of amides is 1. The molecule has 0 saturated carbocycles. The van der Waals surface area contributed by atoms with Crippen molar-refractivity contribution in [3.8, 4) is 0 Å². The predicted molar refractivity (Wildman–Crippen MR) is 71.4 cm³/mol. The highest BCUT2D eigenvalue weighted by Gasteiger charge is 2.22. The summed E-state index contributed by atoms with van der Waals surface area (Å²) in [6.07, 6.45) is 5.53. The molecular weight excluding hydrogens is 226 g/mol. The molecule has 1 aromatic heterocycles. The van der Waals surface area contributed by atoms with Crippen LogP contribution in [0.1, 0.15) is 12.8 Å². The summed E-state index contributed by atoms with van der Waals surface area (Å²) in [4.78, 5) is 16.2. The van der Waals surface area contributed by atoms with Crippen LogP contribution in [0.4, 0.5) is 5.69 Å². The lowest BCUT2D eigenvalue weighted by Crippen LogP contribution is -2.35. The Morgan fingerprint density at radius 2 is 2.33 bits per heavy atom. The fourth-order valence-electron chi connectivity index (χ4n) is 2.36. The Morgan fingerprint density at radius 1 is 1.39 bits per heavy atom. The Kier molecular flexibility index (Phi) is 2.94. The van der Waals surface area contributed by atoms with Crippen LogP contribution in [0.2, 0.25) is 0 Å². The topological polar surface area (TPSA) is 54.0 Å². The number of carbonyl (C=O) groups is 1. The van der Waals surface area contributed by atoms with E-state index in [0.717, 1.165) is 35.8 Å². The molecule has 1 fully saturated rings. The molecule has 0 unspecified atom stereocenters. The van der Waals surface area contributed by atoms with Gasteiger partial charge in [0.1, 0.15) is 0 Å². The molecule has 0 radical (unpaired) electrons. The molecule has 1 saturated heterocycles. The normalized spacial score (nSPS) is 19.0. The largest absolute Gasteiger partial charge is 0.324 e. The average Bonchev–Trinajstić information content (AvgIpc) is 2.93. The van der Waals surface area contributed by atoms with Gasteiger partial charge < -0.3 is 10.6 Å². The van der Waals surface area contributed by atoms with Crippen molar-refractivity contribution in [2.45, 2.75) is 18.9 Å². The molecule has 18 heavy (non-hydrogen) atoms. The van der Waals surface area contributed by atoms with Crippen molar-refractivity contribution >= 4 is 22.4 Å². The van der Waals surface area contributed by atoms with E-state index in [1.807, 2.05) is 24.3 Å². The summed E-state index contributed by atoms with van der Waals surface area (Å²) in [6.45, 7) is 0.928. The third-order valence-electron chi connectivity index (χ3n) is 3.32. The summed E-state index contributed by atoms with van der Waals surface area (Å²) in [5, 5.41) is 8.26. The molecule has 1 amide bonds. The number of rotatable bonds is 2. The van der Waals surface area contributed by atoms with Crippen LogP contribution in [-0.4, -0.2) is 23.5 Å². The fraction of sp³-hybridized carbons (Fsp3) is 0.286. The Balaban J connectivity index is 1.88. The molecule has 1 atom stereocenters. The molecule has 0 aliphatic carbocycles. The SMILES string of the molecule is O=C(Nc1cccc2cnccc12)[C@@H]1CCCN1. The van der Waals surface area contributed by atoms with E-state index < -0.39 is 0 Å². The highest BCUT2D eigenvalue weighted by atomic mass is 16.2. The first-order valence-electron chi connectivity index (χ1n) is 6.21. The number of aromatic nitrogens is 1. The van der Waals surface area contributed by atoms with Crippen LogP contribution in [0.15, 0.2) is 36.7 Å². The van der Waals surface area contributed by atoms with E-state index in [2.05, 4.69) is 15.6 Å². The van der Waals surface area contributed by atoms with Gasteiger partial charge in [0, 0.05) is 28.9 Å². The number of carbonyl (C=O) groups excluding carboxylic acids is 1. The van der Waals surface area contributed by atoms with E-state index >= 15 is 0 Å². The van der Waals surface area contributed by atoms with Gasteiger partial charge in [-0.05, 0) is 31.5 Å². The molecular formula is C14H15N3O. The average molecular weight is 241 g/mol. The van der Waals surface area contributed by atoms with Crippen LogP contribution < -0.4 is 10.6 Å². The molecule has 2 aromatic rings. The first-order chi connectivity index (χ1) is 8.84. The maximum absolute atomic E-state index is 12.1. The quantitative estimate of drug-likeness (QED) is 0.844. The first kappa shape index (κ1) is 11.2. The molecule has 3 rings (SSSR count). The molecule has 0 spiro atoms. The zero-order valence-electron chi connectivity index (χ0n) is 10.0. The lowest BCUT2D eigenvalue weighted by Gasteiger charge is -2.12. The van der Waals surface area contributed by atoms with Crippen LogP contribution in [0.3, 0.4) is 0 Å². The van der Waals surface area contributed by atoms with Gasteiger partial charge in [-0.15, -0.1) is 0 Å². The smallest absolute Gasteiger partial charge is 0.241 e. The fourth-order valence-corrected chi connectivity index (χ4v) is 2.36. The summed E-state index contributed by atoms with van der Waals surface area (Å²) in [6, 6.07) is 7.72. The standard InChI is InChI=1S/C14H15N3O/c18-14(13-5-2-7-16-13)17-12-4-1-3-10-9-15-8-6-11(10)12/h1,3-4,6,8-9,13,16H,2,5,7H2,(H,17,18)/t13-/m0/s1. The van der Waals surface area contributed by atoms with Crippen molar-refractivity contribution in [1.29, 1.82) is 0 Å². The van der Waals surface area contributed by atoms with Gasteiger partial charge in [-0.1, -0.05) is 12.1 Å². The Hall–Kier alpha value is -1.94. The number of nitrogens with one attached hydrogen (secondary N) is 2. The Bertz CT molecular complexity index is 571. The number of pyridine rings is 1. The summed E-state index contributed by atoms with van der Waals surface area (Å²) in [5.74, 6) is 0.0526. The van der Waals surface area contributed by atoms with Crippen molar-refractivity contribution in [1.82, 2.24) is 10.3 Å². The maximum Gasteiger partial charge on any atom is 0.241 e. The van der Waals surface area contributed by atoms with Crippen LogP contribution in [0, 0.1) is 0 Å². The summed E-state index contributed by atoms with van der Waals surface area (Å²) in [7, 11) is 0. The minimum Gasteiger partial charge on any atom is -0.324 e. The van der Waals surface area contributed by atoms with Gasteiger partial charge in [0.2, 0.25) is 5.91 Å².